The average molecular weight is 508 g/mol. The number of benzene rings is 3. The number of aryl methyl sites for hydroxylation is 1. The monoisotopic (exact) mass is 507 g/mol. The SMILES string of the molecule is O=C(CCNCc1ccccc1)C(C1CCc2ccccc2N1)N1CCN(c2cccc3[nH]ccc23)CC1. The van der Waals surface area contributed by atoms with Crippen molar-refractivity contribution in [3.8, 4) is 0 Å². The molecule has 4 aromatic rings. The maximum absolute atomic E-state index is 13.8. The maximum atomic E-state index is 13.8. The summed E-state index contributed by atoms with van der Waals surface area (Å²) in [5.41, 5.74) is 6.23. The fraction of sp³-hybridized carbons (Fsp3) is 0.344. The van der Waals surface area contributed by atoms with Gasteiger partial charge in [-0.05, 0) is 48.2 Å². The van der Waals surface area contributed by atoms with Gasteiger partial charge in [-0.3, -0.25) is 9.69 Å². The predicted octanol–water partition coefficient (Wildman–Crippen LogP) is 4.83. The highest BCUT2D eigenvalue weighted by atomic mass is 16.1. The second kappa shape index (κ2) is 11.4. The molecule has 0 aliphatic carbocycles. The highest BCUT2D eigenvalue weighted by Gasteiger charge is 2.36. The molecule has 6 nitrogen and oxygen atoms in total. The molecule has 1 aromatic heterocycles. The van der Waals surface area contributed by atoms with Gasteiger partial charge in [0.05, 0.1) is 6.04 Å². The number of fused-ring (bicyclic) bond motifs is 2. The number of nitrogens with zero attached hydrogens (tertiary/aromatic N) is 2. The maximum Gasteiger partial charge on any atom is 0.153 e. The number of hydrogen-bond acceptors (Lipinski definition) is 5. The molecule has 3 heterocycles. The number of nitrogens with one attached hydrogen (secondary N) is 3. The molecule has 0 spiro atoms. The molecule has 2 unspecified atom stereocenters. The van der Waals surface area contributed by atoms with Gasteiger partial charge in [0, 0.05) is 80.2 Å². The van der Waals surface area contributed by atoms with Gasteiger partial charge in [-0.1, -0.05) is 54.6 Å². The molecule has 0 bridgehead atoms. The molecule has 0 radical (unpaired) electrons. The number of para-hydroxylation sites is 1. The Balaban J connectivity index is 1.14. The normalized spacial score (nSPS) is 18.6. The summed E-state index contributed by atoms with van der Waals surface area (Å²) in [5.74, 6) is 0.337. The number of aromatic amines is 1. The first-order valence-electron chi connectivity index (χ1n) is 13.9. The van der Waals surface area contributed by atoms with Gasteiger partial charge in [-0.25, -0.2) is 0 Å². The zero-order chi connectivity index (χ0) is 25.7. The van der Waals surface area contributed by atoms with Gasteiger partial charge < -0.3 is 20.5 Å². The largest absolute Gasteiger partial charge is 0.380 e. The molecule has 196 valence electrons. The minimum absolute atomic E-state index is 0.118. The summed E-state index contributed by atoms with van der Waals surface area (Å²) in [4.78, 5) is 22.1. The van der Waals surface area contributed by atoms with Crippen LogP contribution in [0.1, 0.15) is 24.0 Å². The molecule has 2 aliphatic heterocycles. The summed E-state index contributed by atoms with van der Waals surface area (Å²) in [7, 11) is 0. The first kappa shape index (κ1) is 24.7. The van der Waals surface area contributed by atoms with Gasteiger partial charge in [0.15, 0.2) is 5.78 Å². The summed E-state index contributed by atoms with van der Waals surface area (Å²) in [6.45, 7) is 5.09. The fourth-order valence-corrected chi connectivity index (χ4v) is 6.15. The van der Waals surface area contributed by atoms with E-state index in [1.54, 1.807) is 0 Å². The second-order valence-corrected chi connectivity index (χ2v) is 10.5. The van der Waals surface area contributed by atoms with E-state index in [1.807, 2.05) is 12.3 Å². The summed E-state index contributed by atoms with van der Waals surface area (Å²) in [6, 6.07) is 27.6. The minimum atomic E-state index is -0.118. The number of ketones is 1. The molecule has 3 aromatic carbocycles. The Morgan fingerprint density at radius 2 is 1.74 bits per heavy atom. The Hall–Kier alpha value is -3.61. The third-order valence-corrected chi connectivity index (χ3v) is 8.13. The van der Waals surface area contributed by atoms with E-state index >= 15 is 0 Å². The van der Waals surface area contributed by atoms with Crippen LogP contribution in [0.4, 0.5) is 11.4 Å². The number of carbonyl (C=O) groups excluding carboxylic acids is 1. The van der Waals surface area contributed by atoms with Gasteiger partial charge in [0.2, 0.25) is 0 Å². The van der Waals surface area contributed by atoms with Crippen molar-refractivity contribution in [3.05, 3.63) is 96.2 Å². The van der Waals surface area contributed by atoms with Crippen LogP contribution in [0.5, 0.6) is 0 Å². The lowest BCUT2D eigenvalue weighted by Gasteiger charge is -2.44. The van der Waals surface area contributed by atoms with E-state index in [0.717, 1.165) is 45.6 Å². The lowest BCUT2D eigenvalue weighted by atomic mass is 9.89. The lowest BCUT2D eigenvalue weighted by molar-refractivity contribution is -0.125. The van der Waals surface area contributed by atoms with E-state index < -0.39 is 0 Å². The number of piperazine rings is 1. The Morgan fingerprint density at radius 1 is 0.921 bits per heavy atom. The Bertz CT molecular complexity index is 1360. The highest BCUT2D eigenvalue weighted by molar-refractivity contribution is 5.92. The number of aromatic nitrogens is 1. The Labute approximate surface area is 225 Å². The van der Waals surface area contributed by atoms with E-state index in [9.17, 15) is 4.79 Å². The zero-order valence-electron chi connectivity index (χ0n) is 21.9. The molecule has 0 saturated carbocycles. The van der Waals surface area contributed by atoms with Gasteiger partial charge in [-0.2, -0.15) is 0 Å². The molecular weight excluding hydrogens is 470 g/mol. The van der Waals surface area contributed by atoms with E-state index in [-0.39, 0.29) is 12.1 Å². The van der Waals surface area contributed by atoms with Crippen LogP contribution < -0.4 is 15.5 Å². The van der Waals surface area contributed by atoms with Gasteiger partial charge in [0.25, 0.3) is 0 Å². The van der Waals surface area contributed by atoms with Crippen molar-refractivity contribution in [3.63, 3.8) is 0 Å². The third-order valence-electron chi connectivity index (χ3n) is 8.13. The first-order valence-corrected chi connectivity index (χ1v) is 13.9. The number of carbonyl (C=O) groups is 1. The van der Waals surface area contributed by atoms with Crippen LogP contribution in [-0.2, 0) is 17.8 Å². The number of rotatable bonds is 9. The molecule has 38 heavy (non-hydrogen) atoms. The van der Waals surface area contributed by atoms with Gasteiger partial charge in [0.1, 0.15) is 0 Å². The van der Waals surface area contributed by atoms with Crippen molar-refractivity contribution < 1.29 is 4.79 Å². The quantitative estimate of drug-likeness (QED) is 0.283. The standard InChI is InChI=1S/C32H37N5O/c38-31(16-17-33-23-24-7-2-1-3-8-24)32(29-14-13-25-9-4-5-10-27(25)35-29)37-21-19-36(20-22-37)30-12-6-11-28-26(30)15-18-34-28/h1-12,15,18,29,32-35H,13-14,16-17,19-23H2. The molecular formula is C32H37N5O. The number of anilines is 2. The predicted molar refractivity (Wildman–Crippen MR) is 156 cm³/mol. The van der Waals surface area contributed by atoms with E-state index in [1.165, 1.54) is 33.4 Å². The van der Waals surface area contributed by atoms with Crippen molar-refractivity contribution in [1.82, 2.24) is 15.2 Å². The zero-order valence-corrected chi connectivity index (χ0v) is 21.9. The van der Waals surface area contributed by atoms with Crippen molar-refractivity contribution in [2.24, 2.45) is 0 Å². The topological polar surface area (TPSA) is 63.4 Å². The molecule has 0 amide bonds. The van der Waals surface area contributed by atoms with Gasteiger partial charge in [-0.15, -0.1) is 0 Å². The second-order valence-electron chi connectivity index (χ2n) is 10.5. The van der Waals surface area contributed by atoms with Gasteiger partial charge >= 0.3 is 0 Å². The van der Waals surface area contributed by atoms with Crippen LogP contribution in [0.25, 0.3) is 10.9 Å². The number of Topliss-reactive ketones (excluding diaryl/α,β-unsaturated/α-hetero) is 1. The summed E-state index contributed by atoms with van der Waals surface area (Å²) >= 11 is 0. The number of H-pyrrole nitrogens is 1. The first-order chi connectivity index (χ1) is 18.8. The van der Waals surface area contributed by atoms with Crippen LogP contribution in [-0.4, -0.2) is 60.5 Å². The smallest absolute Gasteiger partial charge is 0.153 e. The molecule has 1 saturated heterocycles. The summed E-state index contributed by atoms with van der Waals surface area (Å²) in [6.07, 6.45) is 4.55. The van der Waals surface area contributed by atoms with Crippen LogP contribution in [0.3, 0.4) is 0 Å². The Kier molecular flexibility index (Phi) is 7.42. The van der Waals surface area contributed by atoms with E-state index in [4.69, 9.17) is 0 Å². The highest BCUT2D eigenvalue weighted by Crippen LogP contribution is 2.30. The molecule has 2 atom stereocenters. The molecule has 6 rings (SSSR count). The minimum Gasteiger partial charge on any atom is -0.380 e. The third kappa shape index (κ3) is 5.33. The summed E-state index contributed by atoms with van der Waals surface area (Å²) in [5, 5.41) is 8.50. The number of hydrogen-bond donors (Lipinski definition) is 3. The molecule has 3 N–H and O–H groups in total. The van der Waals surface area contributed by atoms with Crippen molar-refractivity contribution in [1.29, 1.82) is 0 Å². The summed E-state index contributed by atoms with van der Waals surface area (Å²) < 4.78 is 0. The van der Waals surface area contributed by atoms with Crippen molar-refractivity contribution >= 4 is 28.1 Å². The molecule has 2 aliphatic rings. The van der Waals surface area contributed by atoms with Crippen LogP contribution >= 0.6 is 0 Å². The Morgan fingerprint density at radius 3 is 2.61 bits per heavy atom. The molecule has 6 heteroatoms. The average Bonchev–Trinajstić information content (AvgIpc) is 3.46. The van der Waals surface area contributed by atoms with Crippen molar-refractivity contribution in [2.75, 3.05) is 42.9 Å². The fourth-order valence-electron chi connectivity index (χ4n) is 6.15. The van der Waals surface area contributed by atoms with E-state index in [0.29, 0.717) is 18.7 Å². The van der Waals surface area contributed by atoms with Crippen LogP contribution in [0, 0.1) is 0 Å². The van der Waals surface area contributed by atoms with Crippen LogP contribution in [0.15, 0.2) is 85.1 Å². The van der Waals surface area contributed by atoms with Crippen molar-refractivity contribution in [2.45, 2.75) is 37.9 Å². The van der Waals surface area contributed by atoms with Crippen LogP contribution in [0.2, 0.25) is 0 Å². The van der Waals surface area contributed by atoms with E-state index in [2.05, 4.69) is 98.2 Å². The molecule has 1 fully saturated rings. The lowest BCUT2D eigenvalue weighted by Crippen LogP contribution is -2.59.